The Morgan fingerprint density at radius 3 is 1.47 bits per heavy atom. The summed E-state index contributed by atoms with van der Waals surface area (Å²) >= 11 is 0. The average Bonchev–Trinajstić information content (AvgIpc) is 2.78. The van der Waals surface area contributed by atoms with Gasteiger partial charge in [-0.3, -0.25) is 9.59 Å². The van der Waals surface area contributed by atoms with Crippen LogP contribution in [-0.4, -0.2) is 47.3 Å². The van der Waals surface area contributed by atoms with E-state index in [2.05, 4.69) is 51.4 Å². The van der Waals surface area contributed by atoms with Crippen molar-refractivity contribution in [3.05, 3.63) is 35.9 Å². The number of nitrogens with zero attached hydrogens (tertiary/aromatic N) is 1. The topological polar surface area (TPSA) is 74.6 Å². The zero-order chi connectivity index (χ0) is 25.5. The van der Waals surface area contributed by atoms with Crippen molar-refractivity contribution in [3.8, 4) is 0 Å². The van der Waals surface area contributed by atoms with Gasteiger partial charge in [0.25, 0.3) is 0 Å². The van der Waals surface area contributed by atoms with E-state index in [1.165, 1.54) is 89.2 Å². The molecule has 1 aromatic carbocycles. The van der Waals surface area contributed by atoms with Crippen LogP contribution in [0.3, 0.4) is 0 Å². The van der Waals surface area contributed by atoms with Gasteiger partial charge in [0.1, 0.15) is 6.54 Å². The van der Waals surface area contributed by atoms with Crippen LogP contribution in [0.5, 0.6) is 0 Å². The fourth-order valence-electron chi connectivity index (χ4n) is 4.09. The molecule has 0 radical (unpaired) electrons. The lowest BCUT2D eigenvalue weighted by Crippen LogP contribution is -2.39. The molecule has 0 aliphatic carbocycles. The molecule has 0 spiro atoms. The number of rotatable bonds is 20. The molecule has 0 unspecified atom stereocenters. The first kappa shape index (κ1) is 32.1. The van der Waals surface area contributed by atoms with Crippen LogP contribution in [0.4, 0.5) is 0 Å². The molecule has 0 amide bonds. The highest BCUT2D eigenvalue weighted by Crippen LogP contribution is 2.14. The van der Waals surface area contributed by atoms with Crippen LogP contribution >= 0.6 is 0 Å². The SMILES string of the molecule is CCCCCCCCCCCCCC[N+](C)(C)Cc1ccccc1.O=C(O)CCCCC(=O)O. The van der Waals surface area contributed by atoms with Crippen LogP contribution in [0.1, 0.15) is 115 Å². The van der Waals surface area contributed by atoms with E-state index in [1.54, 1.807) is 0 Å². The van der Waals surface area contributed by atoms with Gasteiger partial charge in [-0.25, -0.2) is 0 Å². The van der Waals surface area contributed by atoms with E-state index >= 15 is 0 Å². The van der Waals surface area contributed by atoms with E-state index in [0.717, 1.165) is 11.0 Å². The molecule has 0 aromatic heterocycles. The maximum atomic E-state index is 9.90. The van der Waals surface area contributed by atoms with Crippen LogP contribution in [-0.2, 0) is 16.1 Å². The zero-order valence-electron chi connectivity index (χ0n) is 22.3. The van der Waals surface area contributed by atoms with Crippen LogP contribution in [0, 0.1) is 0 Å². The Morgan fingerprint density at radius 1 is 0.647 bits per heavy atom. The Morgan fingerprint density at radius 2 is 1.06 bits per heavy atom. The third-order valence-corrected chi connectivity index (χ3v) is 6.10. The van der Waals surface area contributed by atoms with Gasteiger partial charge in [0, 0.05) is 18.4 Å². The van der Waals surface area contributed by atoms with Crippen molar-refractivity contribution in [2.75, 3.05) is 20.6 Å². The maximum absolute atomic E-state index is 9.90. The normalized spacial score (nSPS) is 11.0. The second kappa shape index (κ2) is 21.6. The van der Waals surface area contributed by atoms with Crippen molar-refractivity contribution in [1.82, 2.24) is 0 Å². The molecule has 0 atom stereocenters. The summed E-state index contributed by atoms with van der Waals surface area (Å²) in [5.74, 6) is -1.74. The molecule has 5 heteroatoms. The van der Waals surface area contributed by atoms with Crippen molar-refractivity contribution in [3.63, 3.8) is 0 Å². The fraction of sp³-hybridized carbons (Fsp3) is 0.724. The number of carboxylic acid groups (broad SMARTS) is 2. The molecule has 0 aliphatic heterocycles. The van der Waals surface area contributed by atoms with Gasteiger partial charge in [0.15, 0.2) is 0 Å². The number of aliphatic carboxylic acids is 2. The van der Waals surface area contributed by atoms with Gasteiger partial charge in [-0.1, -0.05) is 101 Å². The quantitative estimate of drug-likeness (QED) is 0.149. The molecule has 34 heavy (non-hydrogen) atoms. The van der Waals surface area contributed by atoms with Crippen molar-refractivity contribution >= 4 is 11.9 Å². The monoisotopic (exact) mass is 478 g/mol. The highest BCUT2D eigenvalue weighted by atomic mass is 16.4. The van der Waals surface area contributed by atoms with Gasteiger partial charge in [0.2, 0.25) is 0 Å². The van der Waals surface area contributed by atoms with E-state index in [0.29, 0.717) is 12.8 Å². The zero-order valence-corrected chi connectivity index (χ0v) is 22.3. The van der Waals surface area contributed by atoms with Crippen LogP contribution < -0.4 is 0 Å². The van der Waals surface area contributed by atoms with Crippen LogP contribution in [0.2, 0.25) is 0 Å². The predicted octanol–water partition coefficient (Wildman–Crippen LogP) is 7.68. The molecule has 0 fully saturated rings. The molecule has 1 aromatic rings. The lowest BCUT2D eigenvalue weighted by atomic mass is 10.1. The van der Waals surface area contributed by atoms with Crippen LogP contribution in [0.25, 0.3) is 0 Å². The number of quaternary nitrogens is 1. The van der Waals surface area contributed by atoms with E-state index in [1.807, 2.05) is 0 Å². The standard InChI is InChI=1S/C23H42N.C6H10O4/c1-4-5-6-7-8-9-10-11-12-13-14-18-21-24(2,3)22-23-19-16-15-17-20-23;7-5(8)3-1-2-4-6(9)10/h15-17,19-20H,4-14,18,21-22H2,1-3H3;1-4H2,(H,7,8)(H,9,10)/q+1;. The largest absolute Gasteiger partial charge is 0.481 e. The molecular weight excluding hydrogens is 426 g/mol. The average molecular weight is 479 g/mol. The summed E-state index contributed by atoms with van der Waals surface area (Å²) in [4.78, 5) is 19.8. The summed E-state index contributed by atoms with van der Waals surface area (Å²) in [6.45, 7) is 4.74. The molecule has 1 rings (SSSR count). The van der Waals surface area contributed by atoms with Gasteiger partial charge in [-0.15, -0.1) is 0 Å². The highest BCUT2D eigenvalue weighted by molar-refractivity contribution is 5.67. The van der Waals surface area contributed by atoms with Crippen molar-refractivity contribution in [1.29, 1.82) is 0 Å². The van der Waals surface area contributed by atoms with E-state index in [-0.39, 0.29) is 12.8 Å². The number of carboxylic acids is 2. The van der Waals surface area contributed by atoms with E-state index in [9.17, 15) is 9.59 Å². The highest BCUT2D eigenvalue weighted by Gasteiger charge is 2.14. The number of carbonyl (C=O) groups is 2. The lowest BCUT2D eigenvalue weighted by molar-refractivity contribution is -0.903. The molecule has 5 nitrogen and oxygen atoms in total. The number of hydrogen-bond acceptors (Lipinski definition) is 2. The van der Waals surface area contributed by atoms with Crippen molar-refractivity contribution in [2.45, 2.75) is 116 Å². The lowest BCUT2D eigenvalue weighted by Gasteiger charge is -2.30. The Bertz CT molecular complexity index is 600. The summed E-state index contributed by atoms with van der Waals surface area (Å²) in [5.41, 5.74) is 1.46. The van der Waals surface area contributed by atoms with Gasteiger partial charge < -0.3 is 14.7 Å². The summed E-state index contributed by atoms with van der Waals surface area (Å²) in [6, 6.07) is 10.9. The maximum Gasteiger partial charge on any atom is 0.303 e. The minimum atomic E-state index is -0.870. The minimum Gasteiger partial charge on any atom is -0.481 e. The van der Waals surface area contributed by atoms with Crippen molar-refractivity contribution in [2.24, 2.45) is 0 Å². The molecule has 0 saturated heterocycles. The molecule has 2 N–H and O–H groups in total. The van der Waals surface area contributed by atoms with Gasteiger partial charge in [-0.2, -0.15) is 0 Å². The summed E-state index contributed by atoms with van der Waals surface area (Å²) in [6.07, 6.45) is 18.2. The first-order valence-corrected chi connectivity index (χ1v) is 13.6. The van der Waals surface area contributed by atoms with Gasteiger partial charge in [0.05, 0.1) is 20.6 Å². The van der Waals surface area contributed by atoms with Gasteiger partial charge in [-0.05, 0) is 25.7 Å². The summed E-state index contributed by atoms with van der Waals surface area (Å²) in [5, 5.41) is 16.3. The second-order valence-corrected chi connectivity index (χ2v) is 10.2. The first-order valence-electron chi connectivity index (χ1n) is 13.6. The Kier molecular flexibility index (Phi) is 20.4. The molecular formula is C29H52NO4+. The summed E-state index contributed by atoms with van der Waals surface area (Å²) < 4.78 is 1.11. The molecule has 0 saturated carbocycles. The Labute approximate surface area is 209 Å². The van der Waals surface area contributed by atoms with Crippen molar-refractivity contribution < 1.29 is 24.3 Å². The van der Waals surface area contributed by atoms with Crippen LogP contribution in [0.15, 0.2) is 30.3 Å². The third-order valence-electron chi connectivity index (χ3n) is 6.10. The Hall–Kier alpha value is -1.88. The van der Waals surface area contributed by atoms with E-state index < -0.39 is 11.9 Å². The van der Waals surface area contributed by atoms with Gasteiger partial charge >= 0.3 is 11.9 Å². The number of unbranched alkanes of at least 4 members (excludes halogenated alkanes) is 12. The minimum absolute atomic E-state index is 0.0628. The molecule has 196 valence electrons. The predicted molar refractivity (Wildman–Crippen MR) is 142 cm³/mol. The number of benzene rings is 1. The fourth-order valence-corrected chi connectivity index (χ4v) is 4.09. The molecule has 0 heterocycles. The Balaban J connectivity index is 0.000000916. The third kappa shape index (κ3) is 23.3. The summed E-state index contributed by atoms with van der Waals surface area (Å²) in [7, 11) is 4.73. The molecule has 0 aliphatic rings. The molecule has 0 bridgehead atoms. The smallest absolute Gasteiger partial charge is 0.303 e. The van der Waals surface area contributed by atoms with E-state index in [4.69, 9.17) is 10.2 Å². The second-order valence-electron chi connectivity index (χ2n) is 10.2. The first-order chi connectivity index (χ1) is 16.3. The number of hydrogen-bond donors (Lipinski definition) is 2.